The van der Waals surface area contributed by atoms with Crippen molar-refractivity contribution in [1.82, 2.24) is 30.2 Å². The number of rotatable bonds is 9. The number of imide groups is 1. The normalized spacial score (nSPS) is 18.8. The Hall–Kier alpha value is -4.66. The monoisotopic (exact) mass is 728 g/mol. The number of hydrogen-bond acceptors (Lipinski definition) is 12. The molecule has 3 aromatic heterocycles. The molecule has 3 amide bonds. The van der Waals surface area contributed by atoms with Crippen molar-refractivity contribution in [1.29, 1.82) is 0 Å². The number of thiazole rings is 1. The summed E-state index contributed by atoms with van der Waals surface area (Å²) < 4.78 is 0. The van der Waals surface area contributed by atoms with Crippen molar-refractivity contribution in [2.75, 3.05) is 66.2 Å². The first-order valence-electron chi connectivity index (χ1n) is 17.4. The number of nitrogens with zero attached hydrogens (tertiary/aromatic N) is 7. The van der Waals surface area contributed by atoms with Crippen LogP contribution in [0.15, 0.2) is 48.8 Å². The molecule has 1 aromatic carbocycles. The standard InChI is InChI=1S/C36H41ClN10O3S/c1-22-4-3-5-27(37)33(22)44-35(50)28-20-39-36(51-28)42-29-18-31(41-23(2)40-29)47-16-14-45(15-17-47)21-24-10-12-46(13-11-24)30-8-6-25(19-38-30)26-7-9-32(48)43-34(26)49/h3-6,8,18-20,24,26H,7,9-17,21H2,1-2H3,(H,44,50)(H,43,48,49)(H,39,40,41,42). The summed E-state index contributed by atoms with van der Waals surface area (Å²) in [7, 11) is 0. The number of pyridine rings is 1. The number of hydrogen-bond donors (Lipinski definition) is 3. The molecule has 6 heterocycles. The highest BCUT2D eigenvalue weighted by atomic mass is 35.5. The van der Waals surface area contributed by atoms with E-state index in [0.29, 0.717) is 51.1 Å². The lowest BCUT2D eigenvalue weighted by Gasteiger charge is -2.39. The van der Waals surface area contributed by atoms with Crippen LogP contribution in [0.25, 0.3) is 0 Å². The lowest BCUT2D eigenvalue weighted by atomic mass is 9.91. The van der Waals surface area contributed by atoms with Crippen molar-refractivity contribution >= 4 is 68.9 Å². The van der Waals surface area contributed by atoms with Gasteiger partial charge in [0.2, 0.25) is 11.8 Å². The number of carbonyl (C=O) groups excluding carboxylic acids is 3. The highest BCUT2D eigenvalue weighted by molar-refractivity contribution is 7.17. The molecule has 1 unspecified atom stereocenters. The Morgan fingerprint density at radius 1 is 0.941 bits per heavy atom. The second-order valence-corrected chi connectivity index (χ2v) is 14.8. The van der Waals surface area contributed by atoms with Gasteiger partial charge in [0.1, 0.15) is 28.2 Å². The predicted molar refractivity (Wildman–Crippen MR) is 199 cm³/mol. The van der Waals surface area contributed by atoms with Crippen LogP contribution in [-0.4, -0.2) is 88.4 Å². The second kappa shape index (κ2) is 15.3. The van der Waals surface area contributed by atoms with Crippen LogP contribution in [0.1, 0.15) is 58.2 Å². The molecule has 0 radical (unpaired) electrons. The number of carbonyl (C=O) groups is 3. The number of amides is 3. The van der Waals surface area contributed by atoms with E-state index in [4.69, 9.17) is 16.6 Å². The van der Waals surface area contributed by atoms with E-state index in [2.05, 4.69) is 45.6 Å². The van der Waals surface area contributed by atoms with Gasteiger partial charge in [-0.3, -0.25) is 24.6 Å². The number of piperazine rings is 1. The molecule has 7 rings (SSSR count). The Labute approximate surface area is 305 Å². The molecule has 0 spiro atoms. The minimum absolute atomic E-state index is 0.202. The molecule has 15 heteroatoms. The van der Waals surface area contributed by atoms with Crippen LogP contribution < -0.4 is 25.8 Å². The number of halogens is 1. The molecule has 4 aromatic rings. The maximum absolute atomic E-state index is 12.9. The molecule has 266 valence electrons. The van der Waals surface area contributed by atoms with Gasteiger partial charge >= 0.3 is 0 Å². The number of anilines is 5. The molecule has 0 saturated carbocycles. The van der Waals surface area contributed by atoms with Crippen LogP contribution in [0.3, 0.4) is 0 Å². The molecule has 3 N–H and O–H groups in total. The van der Waals surface area contributed by atoms with E-state index >= 15 is 0 Å². The van der Waals surface area contributed by atoms with Gasteiger partial charge in [-0.1, -0.05) is 41.1 Å². The van der Waals surface area contributed by atoms with E-state index in [1.807, 2.05) is 44.2 Å². The van der Waals surface area contributed by atoms with Crippen LogP contribution in [0.4, 0.5) is 28.3 Å². The maximum Gasteiger partial charge on any atom is 0.267 e. The zero-order valence-electron chi connectivity index (χ0n) is 28.7. The van der Waals surface area contributed by atoms with E-state index in [1.165, 1.54) is 11.3 Å². The Bertz CT molecular complexity index is 1890. The average Bonchev–Trinajstić information content (AvgIpc) is 3.59. The summed E-state index contributed by atoms with van der Waals surface area (Å²) in [6.07, 6.45) is 6.45. The molecule has 3 aliphatic heterocycles. The van der Waals surface area contributed by atoms with Gasteiger partial charge < -0.3 is 20.4 Å². The largest absolute Gasteiger partial charge is 0.357 e. The van der Waals surface area contributed by atoms with Crippen molar-refractivity contribution in [3.05, 3.63) is 75.6 Å². The van der Waals surface area contributed by atoms with Crippen molar-refractivity contribution in [2.24, 2.45) is 5.92 Å². The zero-order valence-corrected chi connectivity index (χ0v) is 30.3. The van der Waals surface area contributed by atoms with Crippen LogP contribution >= 0.6 is 22.9 Å². The predicted octanol–water partition coefficient (Wildman–Crippen LogP) is 5.15. The molecule has 1 atom stereocenters. The molecule has 13 nitrogen and oxygen atoms in total. The third-order valence-corrected chi connectivity index (χ3v) is 11.0. The third-order valence-electron chi connectivity index (χ3n) is 9.81. The molecule has 51 heavy (non-hydrogen) atoms. The number of aryl methyl sites for hydroxylation is 2. The fourth-order valence-corrected chi connectivity index (χ4v) is 7.95. The Morgan fingerprint density at radius 3 is 2.45 bits per heavy atom. The van der Waals surface area contributed by atoms with Crippen LogP contribution in [0, 0.1) is 19.8 Å². The summed E-state index contributed by atoms with van der Waals surface area (Å²) in [6, 6.07) is 11.4. The van der Waals surface area contributed by atoms with Gasteiger partial charge in [0.25, 0.3) is 5.91 Å². The summed E-state index contributed by atoms with van der Waals surface area (Å²) in [6.45, 7) is 10.4. The zero-order chi connectivity index (χ0) is 35.5. The van der Waals surface area contributed by atoms with Crippen molar-refractivity contribution in [3.8, 4) is 0 Å². The topological polar surface area (TPSA) is 149 Å². The van der Waals surface area contributed by atoms with Gasteiger partial charge in [-0.15, -0.1) is 0 Å². The lowest BCUT2D eigenvalue weighted by Crippen LogP contribution is -2.49. The first kappa shape index (κ1) is 34.8. The molecular formula is C36H41ClN10O3S. The minimum Gasteiger partial charge on any atom is -0.357 e. The van der Waals surface area contributed by atoms with Gasteiger partial charge in [0.15, 0.2) is 5.13 Å². The highest BCUT2D eigenvalue weighted by Crippen LogP contribution is 2.30. The van der Waals surface area contributed by atoms with Crippen molar-refractivity contribution < 1.29 is 14.4 Å². The Kier molecular flexibility index (Phi) is 10.4. The van der Waals surface area contributed by atoms with E-state index in [0.717, 1.165) is 81.4 Å². The second-order valence-electron chi connectivity index (χ2n) is 13.4. The van der Waals surface area contributed by atoms with Crippen LogP contribution in [0.5, 0.6) is 0 Å². The van der Waals surface area contributed by atoms with Gasteiger partial charge in [-0.25, -0.2) is 19.9 Å². The minimum atomic E-state index is -0.309. The highest BCUT2D eigenvalue weighted by Gasteiger charge is 2.29. The SMILES string of the molecule is Cc1nc(Nc2ncc(C(=O)Nc3c(C)cccc3Cl)s2)cc(N2CCN(CC3CCN(c4ccc(C5CCC(=O)NC5=O)cn4)CC3)CC2)n1. The van der Waals surface area contributed by atoms with E-state index < -0.39 is 0 Å². The number of para-hydroxylation sites is 1. The van der Waals surface area contributed by atoms with Gasteiger partial charge in [0.05, 0.1) is 22.8 Å². The number of benzene rings is 1. The molecule has 3 saturated heterocycles. The van der Waals surface area contributed by atoms with Crippen LogP contribution in [-0.2, 0) is 9.59 Å². The number of nitrogens with one attached hydrogen (secondary N) is 3. The Balaban J connectivity index is 0.875. The molecule has 3 fully saturated rings. The molecule has 0 aliphatic carbocycles. The summed E-state index contributed by atoms with van der Waals surface area (Å²) in [4.78, 5) is 62.7. The number of aromatic nitrogens is 4. The fourth-order valence-electron chi connectivity index (χ4n) is 6.96. The van der Waals surface area contributed by atoms with Crippen molar-refractivity contribution in [3.63, 3.8) is 0 Å². The summed E-state index contributed by atoms with van der Waals surface area (Å²) in [5, 5.41) is 9.65. The molecule has 0 bridgehead atoms. The lowest BCUT2D eigenvalue weighted by molar-refractivity contribution is -0.134. The smallest absolute Gasteiger partial charge is 0.267 e. The first-order chi connectivity index (χ1) is 24.7. The van der Waals surface area contributed by atoms with E-state index in [-0.39, 0.29) is 23.6 Å². The fraction of sp³-hybridized carbons (Fsp3) is 0.417. The van der Waals surface area contributed by atoms with Gasteiger partial charge in [-0.2, -0.15) is 0 Å². The summed E-state index contributed by atoms with van der Waals surface area (Å²) in [5.41, 5.74) is 2.35. The van der Waals surface area contributed by atoms with Gasteiger partial charge in [0, 0.05) is 64.5 Å². The third kappa shape index (κ3) is 8.29. The molecule has 3 aliphatic rings. The maximum atomic E-state index is 12.9. The molecular weight excluding hydrogens is 688 g/mol. The van der Waals surface area contributed by atoms with Gasteiger partial charge in [-0.05, 0) is 62.3 Å². The average molecular weight is 729 g/mol. The van der Waals surface area contributed by atoms with Crippen LogP contribution in [0.2, 0.25) is 5.02 Å². The quantitative estimate of drug-likeness (QED) is 0.197. The van der Waals surface area contributed by atoms with Crippen molar-refractivity contribution in [2.45, 2.75) is 45.4 Å². The summed E-state index contributed by atoms with van der Waals surface area (Å²) in [5.74, 6) is 2.73. The summed E-state index contributed by atoms with van der Waals surface area (Å²) >= 11 is 7.54. The first-order valence-corrected chi connectivity index (χ1v) is 18.5. The number of piperidine rings is 2. The van der Waals surface area contributed by atoms with E-state index in [1.54, 1.807) is 18.5 Å². The Morgan fingerprint density at radius 2 is 1.73 bits per heavy atom. The van der Waals surface area contributed by atoms with E-state index in [9.17, 15) is 14.4 Å².